The summed E-state index contributed by atoms with van der Waals surface area (Å²) >= 11 is 0. The van der Waals surface area contributed by atoms with Gasteiger partial charge in [-0.05, 0) is 17.5 Å². The van der Waals surface area contributed by atoms with E-state index in [1.807, 2.05) is 12.1 Å². The Morgan fingerprint density at radius 2 is 2.06 bits per heavy atom. The lowest BCUT2D eigenvalue weighted by Crippen LogP contribution is -2.55. The van der Waals surface area contributed by atoms with Crippen LogP contribution in [0.5, 0.6) is 0 Å². The molecule has 17 heavy (non-hydrogen) atoms. The van der Waals surface area contributed by atoms with Crippen LogP contribution in [0.1, 0.15) is 11.1 Å². The van der Waals surface area contributed by atoms with Crippen molar-refractivity contribution in [2.24, 2.45) is 0 Å². The van der Waals surface area contributed by atoms with Crippen molar-refractivity contribution in [1.82, 2.24) is 10.6 Å². The first-order valence-electron chi connectivity index (χ1n) is 6.01. The van der Waals surface area contributed by atoms with Crippen LogP contribution < -0.4 is 10.6 Å². The van der Waals surface area contributed by atoms with Crippen molar-refractivity contribution in [2.45, 2.75) is 25.0 Å². The number of fused-ring (bicyclic) bond motifs is 1. The van der Waals surface area contributed by atoms with Gasteiger partial charge in [0.2, 0.25) is 5.91 Å². The highest BCUT2D eigenvalue weighted by atomic mass is 16.5. The van der Waals surface area contributed by atoms with Crippen LogP contribution in [0.4, 0.5) is 0 Å². The van der Waals surface area contributed by atoms with Crippen LogP contribution in [0.3, 0.4) is 0 Å². The summed E-state index contributed by atoms with van der Waals surface area (Å²) < 4.78 is 5.04. The van der Waals surface area contributed by atoms with Gasteiger partial charge in [-0.1, -0.05) is 24.3 Å². The standard InChI is InChI=1S/C13H16N2O2/c16-13(15-11-7-17-8-11)12-5-9-3-1-2-4-10(9)6-14-12/h1-4,11-12,14H,5-8H2,(H,15,16)/t12-/m0/s1. The highest BCUT2D eigenvalue weighted by Crippen LogP contribution is 2.16. The Kier molecular flexibility index (Phi) is 2.82. The zero-order chi connectivity index (χ0) is 11.7. The van der Waals surface area contributed by atoms with Crippen LogP contribution in [0.15, 0.2) is 24.3 Å². The SMILES string of the molecule is O=C(NC1COC1)[C@@H]1Cc2ccccc2CN1. The van der Waals surface area contributed by atoms with E-state index in [4.69, 9.17) is 4.74 Å². The van der Waals surface area contributed by atoms with Gasteiger partial charge in [0.1, 0.15) is 0 Å². The molecule has 1 saturated heterocycles. The highest BCUT2D eigenvalue weighted by Gasteiger charge is 2.27. The zero-order valence-corrected chi connectivity index (χ0v) is 9.61. The first-order chi connectivity index (χ1) is 8.33. The lowest BCUT2D eigenvalue weighted by molar-refractivity contribution is -0.127. The van der Waals surface area contributed by atoms with E-state index in [-0.39, 0.29) is 18.0 Å². The lowest BCUT2D eigenvalue weighted by atomic mass is 9.95. The fraction of sp³-hybridized carbons (Fsp3) is 0.462. The molecule has 0 radical (unpaired) electrons. The number of hydrogen-bond donors (Lipinski definition) is 2. The van der Waals surface area contributed by atoms with Gasteiger partial charge in [0.25, 0.3) is 0 Å². The fourth-order valence-electron chi connectivity index (χ4n) is 2.26. The molecule has 4 heteroatoms. The third kappa shape index (κ3) is 2.18. The number of rotatable bonds is 2. The first-order valence-corrected chi connectivity index (χ1v) is 6.01. The maximum absolute atomic E-state index is 12.0. The molecule has 0 aliphatic carbocycles. The molecule has 90 valence electrons. The molecule has 1 fully saturated rings. The van der Waals surface area contributed by atoms with Crippen LogP contribution in [0.2, 0.25) is 0 Å². The maximum Gasteiger partial charge on any atom is 0.237 e. The molecule has 1 amide bonds. The van der Waals surface area contributed by atoms with E-state index in [1.54, 1.807) is 0 Å². The average molecular weight is 232 g/mol. The number of ether oxygens (including phenoxy) is 1. The van der Waals surface area contributed by atoms with Gasteiger partial charge in [0, 0.05) is 6.54 Å². The molecule has 0 bridgehead atoms. The van der Waals surface area contributed by atoms with Gasteiger partial charge in [-0.2, -0.15) is 0 Å². The normalized spacial score (nSPS) is 23.6. The van der Waals surface area contributed by atoms with Crippen molar-refractivity contribution >= 4 is 5.91 Å². The predicted octanol–water partition coefficient (Wildman–Crippen LogP) is 0.216. The van der Waals surface area contributed by atoms with Crippen molar-refractivity contribution in [2.75, 3.05) is 13.2 Å². The Bertz CT molecular complexity index is 429. The summed E-state index contributed by atoms with van der Waals surface area (Å²) in [7, 11) is 0. The molecular formula is C13H16N2O2. The van der Waals surface area contributed by atoms with E-state index in [1.165, 1.54) is 11.1 Å². The minimum atomic E-state index is -0.106. The fourth-order valence-corrected chi connectivity index (χ4v) is 2.26. The quantitative estimate of drug-likeness (QED) is 0.766. The summed E-state index contributed by atoms with van der Waals surface area (Å²) in [6.07, 6.45) is 0.773. The van der Waals surface area contributed by atoms with E-state index >= 15 is 0 Å². The highest BCUT2D eigenvalue weighted by molar-refractivity contribution is 5.82. The van der Waals surface area contributed by atoms with E-state index in [0.29, 0.717) is 13.2 Å². The molecule has 2 N–H and O–H groups in total. The van der Waals surface area contributed by atoms with Crippen molar-refractivity contribution in [3.63, 3.8) is 0 Å². The van der Waals surface area contributed by atoms with Gasteiger partial charge in [0.05, 0.1) is 25.3 Å². The van der Waals surface area contributed by atoms with Crippen LogP contribution in [0.25, 0.3) is 0 Å². The summed E-state index contributed by atoms with van der Waals surface area (Å²) in [5.74, 6) is 0.0906. The van der Waals surface area contributed by atoms with E-state index < -0.39 is 0 Å². The smallest absolute Gasteiger partial charge is 0.237 e. The van der Waals surface area contributed by atoms with Crippen molar-refractivity contribution in [3.8, 4) is 0 Å². The Balaban J connectivity index is 1.64. The molecule has 2 aliphatic rings. The molecule has 0 unspecified atom stereocenters. The van der Waals surface area contributed by atoms with Crippen molar-refractivity contribution in [3.05, 3.63) is 35.4 Å². The van der Waals surface area contributed by atoms with Crippen LogP contribution in [-0.4, -0.2) is 31.2 Å². The molecule has 0 saturated carbocycles. The molecule has 0 spiro atoms. The molecular weight excluding hydrogens is 216 g/mol. The molecule has 1 aromatic rings. The number of amides is 1. The summed E-state index contributed by atoms with van der Waals surface area (Å²) in [4.78, 5) is 12.0. The van der Waals surface area contributed by atoms with Crippen molar-refractivity contribution in [1.29, 1.82) is 0 Å². The number of nitrogens with one attached hydrogen (secondary N) is 2. The zero-order valence-electron chi connectivity index (χ0n) is 9.61. The Labute approximate surface area is 100 Å². The van der Waals surface area contributed by atoms with Gasteiger partial charge in [0.15, 0.2) is 0 Å². The van der Waals surface area contributed by atoms with Gasteiger partial charge < -0.3 is 15.4 Å². The largest absolute Gasteiger partial charge is 0.377 e. The Morgan fingerprint density at radius 3 is 2.76 bits per heavy atom. The minimum absolute atomic E-state index is 0.0906. The number of carbonyl (C=O) groups is 1. The van der Waals surface area contributed by atoms with Gasteiger partial charge in [-0.25, -0.2) is 0 Å². The molecule has 4 nitrogen and oxygen atoms in total. The summed E-state index contributed by atoms with van der Waals surface area (Å²) in [6.45, 7) is 2.07. The number of benzene rings is 1. The number of carbonyl (C=O) groups excluding carboxylic acids is 1. The molecule has 0 aromatic heterocycles. The monoisotopic (exact) mass is 232 g/mol. The second-order valence-electron chi connectivity index (χ2n) is 4.65. The number of hydrogen-bond acceptors (Lipinski definition) is 3. The molecule has 2 aliphatic heterocycles. The van der Waals surface area contributed by atoms with Crippen molar-refractivity contribution < 1.29 is 9.53 Å². The van der Waals surface area contributed by atoms with Gasteiger partial charge in [-0.3, -0.25) is 4.79 Å². The second-order valence-corrected chi connectivity index (χ2v) is 4.65. The molecule has 3 rings (SSSR count). The third-order valence-electron chi connectivity index (χ3n) is 3.38. The summed E-state index contributed by atoms with van der Waals surface area (Å²) in [5, 5.41) is 6.27. The summed E-state index contributed by atoms with van der Waals surface area (Å²) in [6, 6.07) is 8.37. The molecule has 1 aromatic carbocycles. The predicted molar refractivity (Wildman–Crippen MR) is 63.5 cm³/mol. The minimum Gasteiger partial charge on any atom is -0.377 e. The topological polar surface area (TPSA) is 50.4 Å². The lowest BCUT2D eigenvalue weighted by Gasteiger charge is -2.31. The van der Waals surface area contributed by atoms with E-state index in [0.717, 1.165) is 13.0 Å². The molecule has 1 atom stereocenters. The Morgan fingerprint density at radius 1 is 1.29 bits per heavy atom. The van der Waals surface area contributed by atoms with E-state index in [2.05, 4.69) is 22.8 Å². The van der Waals surface area contributed by atoms with E-state index in [9.17, 15) is 4.79 Å². The maximum atomic E-state index is 12.0. The van der Waals surface area contributed by atoms with Crippen LogP contribution in [-0.2, 0) is 22.5 Å². The molecule has 2 heterocycles. The average Bonchev–Trinajstić information content (AvgIpc) is 2.33. The third-order valence-corrected chi connectivity index (χ3v) is 3.38. The first kappa shape index (κ1) is 10.7. The van der Waals surface area contributed by atoms with Crippen LogP contribution in [0, 0.1) is 0 Å². The second kappa shape index (κ2) is 4.47. The summed E-state index contributed by atoms with van der Waals surface area (Å²) in [5.41, 5.74) is 2.57. The van der Waals surface area contributed by atoms with Crippen LogP contribution >= 0.6 is 0 Å². The van der Waals surface area contributed by atoms with Gasteiger partial charge >= 0.3 is 0 Å². The Hall–Kier alpha value is -1.39. The van der Waals surface area contributed by atoms with Gasteiger partial charge in [-0.15, -0.1) is 0 Å².